The summed E-state index contributed by atoms with van der Waals surface area (Å²) in [7, 11) is -4.05. The predicted molar refractivity (Wildman–Crippen MR) is 92.7 cm³/mol. The van der Waals surface area contributed by atoms with E-state index >= 15 is 0 Å². The second-order valence-corrected chi connectivity index (χ2v) is 8.71. The molecule has 0 unspecified atom stereocenters. The Hall–Kier alpha value is -1.31. The van der Waals surface area contributed by atoms with E-state index < -0.39 is 26.0 Å². The summed E-state index contributed by atoms with van der Waals surface area (Å²) < 4.78 is 29.6. The number of sulfonamides is 1. The van der Waals surface area contributed by atoms with E-state index in [9.17, 15) is 13.2 Å². The third-order valence-electron chi connectivity index (χ3n) is 2.85. The summed E-state index contributed by atoms with van der Waals surface area (Å²) >= 11 is 17.3. The molecule has 0 fully saturated rings. The van der Waals surface area contributed by atoms with Crippen molar-refractivity contribution in [2.24, 2.45) is 0 Å². The molecule has 0 bridgehead atoms. The largest absolute Gasteiger partial charge is 0.437 e. The average molecular weight is 409 g/mol. The van der Waals surface area contributed by atoms with Crippen LogP contribution >= 0.6 is 34.8 Å². The van der Waals surface area contributed by atoms with E-state index in [4.69, 9.17) is 39.5 Å². The van der Waals surface area contributed by atoms with Crippen molar-refractivity contribution in [2.45, 2.75) is 14.9 Å². The summed E-state index contributed by atoms with van der Waals surface area (Å²) in [5.41, 5.74) is 0.190. The fourth-order valence-electron chi connectivity index (χ4n) is 1.72. The summed E-state index contributed by atoms with van der Waals surface area (Å²) in [6.45, 7) is 0. The van der Waals surface area contributed by atoms with Crippen LogP contribution in [0.15, 0.2) is 65.6 Å². The molecule has 2 aromatic rings. The van der Waals surface area contributed by atoms with Gasteiger partial charge < -0.3 is 4.74 Å². The van der Waals surface area contributed by atoms with Gasteiger partial charge in [0.15, 0.2) is 0 Å². The smallest absolute Gasteiger partial charge is 0.339 e. The van der Waals surface area contributed by atoms with Crippen LogP contribution < -0.4 is 4.72 Å². The van der Waals surface area contributed by atoms with Gasteiger partial charge in [0.05, 0.1) is 10.5 Å². The monoisotopic (exact) mass is 407 g/mol. The first-order valence-electron chi connectivity index (χ1n) is 6.60. The Morgan fingerprint density at radius 1 is 0.958 bits per heavy atom. The van der Waals surface area contributed by atoms with Gasteiger partial charge in [-0.3, -0.25) is 0 Å². The first kappa shape index (κ1) is 19.0. The number of carbonyl (C=O) groups excluding carboxylic acids is 1. The van der Waals surface area contributed by atoms with Crippen LogP contribution in [0.2, 0.25) is 0 Å². The molecule has 128 valence electrons. The van der Waals surface area contributed by atoms with Gasteiger partial charge in [0.2, 0.25) is 20.0 Å². The third-order valence-corrected chi connectivity index (χ3v) is 4.86. The van der Waals surface area contributed by atoms with Crippen LogP contribution in [-0.2, 0) is 14.8 Å². The average Bonchev–Trinajstić information content (AvgIpc) is 2.55. The number of carbonyl (C=O) groups is 1. The van der Waals surface area contributed by atoms with E-state index in [2.05, 4.69) is 4.72 Å². The standard InChI is InChI=1S/C15H12Cl3NO4S/c16-15(17,18)14(23-13(20)11-7-3-1-4-8-11)19-24(21,22)12-9-5-2-6-10-12/h1-10,14,19H/t14-/m0/s1. The predicted octanol–water partition coefficient (Wildman–Crippen LogP) is 3.52. The Morgan fingerprint density at radius 2 is 1.46 bits per heavy atom. The van der Waals surface area contributed by atoms with Gasteiger partial charge >= 0.3 is 5.97 Å². The number of hydrogen-bond acceptors (Lipinski definition) is 4. The van der Waals surface area contributed by atoms with Crippen molar-refractivity contribution in [2.75, 3.05) is 0 Å². The Morgan fingerprint density at radius 3 is 1.96 bits per heavy atom. The molecule has 0 spiro atoms. The fourth-order valence-corrected chi connectivity index (χ4v) is 3.37. The molecular weight excluding hydrogens is 397 g/mol. The molecule has 0 heterocycles. The highest BCUT2D eigenvalue weighted by Crippen LogP contribution is 2.32. The van der Waals surface area contributed by atoms with E-state index in [0.717, 1.165) is 0 Å². The zero-order valence-corrected chi connectivity index (χ0v) is 15.1. The van der Waals surface area contributed by atoms with E-state index in [1.165, 1.54) is 36.4 Å². The van der Waals surface area contributed by atoms with Crippen LogP contribution in [0.4, 0.5) is 0 Å². The summed E-state index contributed by atoms with van der Waals surface area (Å²) in [6.07, 6.45) is -1.71. The minimum atomic E-state index is -4.05. The maximum absolute atomic E-state index is 12.3. The molecule has 0 saturated carbocycles. The molecule has 0 aliphatic heterocycles. The maximum Gasteiger partial charge on any atom is 0.339 e. The Bertz CT molecular complexity index is 792. The fraction of sp³-hybridized carbons (Fsp3) is 0.133. The van der Waals surface area contributed by atoms with Crippen molar-refractivity contribution >= 4 is 50.8 Å². The van der Waals surface area contributed by atoms with Crippen LogP contribution in [0.1, 0.15) is 10.4 Å². The molecule has 0 aliphatic carbocycles. The first-order valence-corrected chi connectivity index (χ1v) is 9.22. The number of nitrogens with one attached hydrogen (secondary N) is 1. The lowest BCUT2D eigenvalue weighted by Crippen LogP contribution is -2.46. The highest BCUT2D eigenvalue weighted by molar-refractivity contribution is 7.89. The SMILES string of the molecule is O=C(O[C@H](NS(=O)(=O)c1ccccc1)C(Cl)(Cl)Cl)c1ccccc1. The van der Waals surface area contributed by atoms with Gasteiger partial charge in [-0.05, 0) is 24.3 Å². The summed E-state index contributed by atoms with van der Waals surface area (Å²) in [4.78, 5) is 12.0. The number of benzene rings is 2. The Kier molecular flexibility index (Phi) is 6.11. The second-order valence-electron chi connectivity index (χ2n) is 4.63. The lowest BCUT2D eigenvalue weighted by atomic mass is 10.2. The van der Waals surface area contributed by atoms with Crippen molar-refractivity contribution in [3.05, 3.63) is 66.2 Å². The normalized spacial score (nSPS) is 13.3. The number of rotatable bonds is 5. The van der Waals surface area contributed by atoms with Crippen LogP contribution in [0, 0.1) is 0 Å². The minimum absolute atomic E-state index is 0.0555. The van der Waals surface area contributed by atoms with Gasteiger partial charge in [-0.2, -0.15) is 4.72 Å². The van der Waals surface area contributed by atoms with Crippen LogP contribution in [0.3, 0.4) is 0 Å². The zero-order valence-electron chi connectivity index (χ0n) is 12.0. The molecule has 0 radical (unpaired) electrons. The summed E-state index contributed by atoms with van der Waals surface area (Å²) in [5, 5.41) is 0. The number of esters is 1. The second kappa shape index (κ2) is 7.72. The quantitative estimate of drug-likeness (QED) is 0.467. The van der Waals surface area contributed by atoms with E-state index in [0.29, 0.717) is 0 Å². The number of hydrogen-bond donors (Lipinski definition) is 1. The topological polar surface area (TPSA) is 72.5 Å². The van der Waals surface area contributed by atoms with Crippen molar-refractivity contribution in [3.8, 4) is 0 Å². The van der Waals surface area contributed by atoms with Crippen molar-refractivity contribution in [1.29, 1.82) is 0 Å². The molecule has 0 saturated heterocycles. The maximum atomic E-state index is 12.3. The van der Waals surface area contributed by atoms with Gasteiger partial charge in [0.25, 0.3) is 0 Å². The molecule has 2 aromatic carbocycles. The molecule has 1 atom stereocenters. The molecule has 0 amide bonds. The van der Waals surface area contributed by atoms with E-state index in [1.54, 1.807) is 24.3 Å². The molecular formula is C15H12Cl3NO4S. The summed E-state index contributed by atoms with van der Waals surface area (Å²) in [6, 6.07) is 15.4. The van der Waals surface area contributed by atoms with Crippen molar-refractivity contribution in [1.82, 2.24) is 4.72 Å². The third kappa shape index (κ3) is 5.09. The van der Waals surface area contributed by atoms with Crippen LogP contribution in [0.5, 0.6) is 0 Å². The minimum Gasteiger partial charge on any atom is -0.437 e. The number of halogens is 3. The molecule has 1 N–H and O–H groups in total. The van der Waals surface area contributed by atoms with Crippen LogP contribution in [-0.4, -0.2) is 24.4 Å². The molecule has 9 heteroatoms. The van der Waals surface area contributed by atoms with Crippen molar-refractivity contribution in [3.63, 3.8) is 0 Å². The van der Waals surface area contributed by atoms with Gasteiger partial charge in [-0.15, -0.1) is 0 Å². The Balaban J connectivity index is 2.23. The lowest BCUT2D eigenvalue weighted by Gasteiger charge is -2.25. The lowest BCUT2D eigenvalue weighted by molar-refractivity contribution is 0.0285. The number of ether oxygens (including phenoxy) is 1. The van der Waals surface area contributed by atoms with Crippen LogP contribution in [0.25, 0.3) is 0 Å². The molecule has 2 rings (SSSR count). The van der Waals surface area contributed by atoms with Gasteiger partial charge in [0.1, 0.15) is 0 Å². The molecule has 0 aromatic heterocycles. The Labute approximate surface area is 154 Å². The van der Waals surface area contributed by atoms with Crippen molar-refractivity contribution < 1.29 is 17.9 Å². The molecule has 24 heavy (non-hydrogen) atoms. The summed E-state index contributed by atoms with van der Waals surface area (Å²) in [5.74, 6) is -0.831. The van der Waals surface area contributed by atoms with Gasteiger partial charge in [-0.1, -0.05) is 71.2 Å². The highest BCUT2D eigenvalue weighted by Gasteiger charge is 2.39. The highest BCUT2D eigenvalue weighted by atomic mass is 35.6. The number of alkyl halides is 3. The first-order chi connectivity index (χ1) is 11.2. The van der Waals surface area contributed by atoms with Gasteiger partial charge in [-0.25, -0.2) is 13.2 Å². The molecule has 0 aliphatic rings. The zero-order chi connectivity index (χ0) is 17.8. The van der Waals surface area contributed by atoms with E-state index in [-0.39, 0.29) is 10.5 Å². The van der Waals surface area contributed by atoms with Gasteiger partial charge in [0, 0.05) is 0 Å². The van der Waals surface area contributed by atoms with E-state index in [1.807, 2.05) is 0 Å². The molecule has 5 nitrogen and oxygen atoms in total.